The van der Waals surface area contributed by atoms with Crippen molar-refractivity contribution < 1.29 is 9.59 Å². The molecule has 0 atom stereocenters. The summed E-state index contributed by atoms with van der Waals surface area (Å²) in [5, 5.41) is 5.85. The van der Waals surface area contributed by atoms with Crippen LogP contribution < -0.4 is 16.2 Å². The third kappa shape index (κ3) is 5.05. The summed E-state index contributed by atoms with van der Waals surface area (Å²) >= 11 is 0. The summed E-state index contributed by atoms with van der Waals surface area (Å²) in [4.78, 5) is 43.7. The van der Waals surface area contributed by atoms with Crippen LogP contribution in [0, 0.1) is 27.7 Å². The number of carbonyl (C=O) groups is 2. The normalized spacial score (nSPS) is 10.9. The van der Waals surface area contributed by atoms with E-state index in [0.29, 0.717) is 28.7 Å². The molecule has 4 rings (SSSR count). The SMILES string of the molecule is CCC(=O)Nc1ccc(C)cc1-c1nc2ccccc2n(CC(=O)Nc2c(C)cc(C)cc2C)c1=O. The first kappa shape index (κ1) is 24.9. The van der Waals surface area contributed by atoms with Crippen molar-refractivity contribution >= 4 is 34.2 Å². The van der Waals surface area contributed by atoms with E-state index in [1.807, 2.05) is 64.1 Å². The van der Waals surface area contributed by atoms with Crippen LogP contribution in [0.2, 0.25) is 0 Å². The van der Waals surface area contributed by atoms with Crippen molar-refractivity contribution in [2.45, 2.75) is 47.6 Å². The van der Waals surface area contributed by atoms with Crippen LogP contribution in [0.1, 0.15) is 35.6 Å². The minimum Gasteiger partial charge on any atom is -0.325 e. The van der Waals surface area contributed by atoms with Gasteiger partial charge in [0, 0.05) is 17.7 Å². The van der Waals surface area contributed by atoms with Crippen LogP contribution in [0.3, 0.4) is 0 Å². The zero-order valence-electron chi connectivity index (χ0n) is 21.2. The van der Waals surface area contributed by atoms with E-state index < -0.39 is 5.56 Å². The molecule has 0 aliphatic carbocycles. The third-order valence-electron chi connectivity index (χ3n) is 6.12. The van der Waals surface area contributed by atoms with E-state index in [0.717, 1.165) is 27.9 Å². The summed E-state index contributed by atoms with van der Waals surface area (Å²) in [6.45, 7) is 9.41. The maximum absolute atomic E-state index is 13.8. The molecule has 0 bridgehead atoms. The molecule has 0 unspecified atom stereocenters. The minimum absolute atomic E-state index is 0.163. The predicted molar refractivity (Wildman–Crippen MR) is 144 cm³/mol. The number of nitrogens with one attached hydrogen (secondary N) is 2. The lowest BCUT2D eigenvalue weighted by Gasteiger charge is -2.16. The summed E-state index contributed by atoms with van der Waals surface area (Å²) in [6, 6.07) is 16.7. The monoisotopic (exact) mass is 482 g/mol. The number of anilines is 2. The van der Waals surface area contributed by atoms with Gasteiger partial charge in [-0.3, -0.25) is 19.0 Å². The highest BCUT2D eigenvalue weighted by Gasteiger charge is 2.19. The van der Waals surface area contributed by atoms with Gasteiger partial charge in [-0.1, -0.05) is 48.4 Å². The van der Waals surface area contributed by atoms with Crippen molar-refractivity contribution in [3.05, 3.63) is 87.2 Å². The van der Waals surface area contributed by atoms with Crippen molar-refractivity contribution in [2.75, 3.05) is 10.6 Å². The molecule has 3 aromatic carbocycles. The molecule has 2 amide bonds. The molecule has 0 fully saturated rings. The Balaban J connectivity index is 1.82. The number of carbonyl (C=O) groups excluding carboxylic acids is 2. The molecule has 0 spiro atoms. The zero-order valence-corrected chi connectivity index (χ0v) is 21.2. The molecule has 1 heterocycles. The molecule has 1 aromatic heterocycles. The van der Waals surface area contributed by atoms with Gasteiger partial charge in [-0.25, -0.2) is 4.98 Å². The second-order valence-corrected chi connectivity index (χ2v) is 9.11. The number of benzene rings is 3. The van der Waals surface area contributed by atoms with Gasteiger partial charge in [0.25, 0.3) is 5.56 Å². The highest BCUT2D eigenvalue weighted by Crippen LogP contribution is 2.28. The molecule has 36 heavy (non-hydrogen) atoms. The molecule has 0 radical (unpaired) electrons. The number of rotatable bonds is 6. The van der Waals surface area contributed by atoms with Gasteiger partial charge < -0.3 is 10.6 Å². The van der Waals surface area contributed by atoms with Gasteiger partial charge in [-0.05, 0) is 63.1 Å². The number of aryl methyl sites for hydroxylation is 4. The Morgan fingerprint density at radius 3 is 2.25 bits per heavy atom. The highest BCUT2D eigenvalue weighted by atomic mass is 16.2. The van der Waals surface area contributed by atoms with Gasteiger partial charge in [-0.2, -0.15) is 0 Å². The molecule has 0 saturated heterocycles. The first-order valence-electron chi connectivity index (χ1n) is 12.0. The number of aromatic nitrogens is 2. The first-order valence-corrected chi connectivity index (χ1v) is 12.0. The molecule has 7 nitrogen and oxygen atoms in total. The molecular weight excluding hydrogens is 452 g/mol. The summed E-state index contributed by atoms with van der Waals surface area (Å²) in [5.41, 5.74) is 6.66. The average Bonchev–Trinajstić information content (AvgIpc) is 2.84. The summed E-state index contributed by atoms with van der Waals surface area (Å²) in [5.74, 6) is -0.470. The lowest BCUT2D eigenvalue weighted by molar-refractivity contribution is -0.117. The van der Waals surface area contributed by atoms with Gasteiger partial charge in [0.15, 0.2) is 0 Å². The zero-order chi connectivity index (χ0) is 26.0. The quantitative estimate of drug-likeness (QED) is 0.391. The average molecular weight is 483 g/mol. The Labute approximate surface area is 210 Å². The Morgan fingerprint density at radius 1 is 0.861 bits per heavy atom. The van der Waals surface area contributed by atoms with Gasteiger partial charge in [0.1, 0.15) is 12.2 Å². The maximum Gasteiger partial charge on any atom is 0.278 e. The third-order valence-corrected chi connectivity index (χ3v) is 6.12. The van der Waals surface area contributed by atoms with Gasteiger partial charge in [0.2, 0.25) is 11.8 Å². The van der Waals surface area contributed by atoms with Gasteiger partial charge in [0.05, 0.1) is 16.7 Å². The van der Waals surface area contributed by atoms with Crippen LogP contribution in [-0.4, -0.2) is 21.4 Å². The van der Waals surface area contributed by atoms with Crippen molar-refractivity contribution in [3.63, 3.8) is 0 Å². The number of amides is 2. The fraction of sp³-hybridized carbons (Fsp3) is 0.241. The summed E-state index contributed by atoms with van der Waals surface area (Å²) < 4.78 is 1.44. The maximum atomic E-state index is 13.8. The Hall–Kier alpha value is -4.26. The molecule has 7 heteroatoms. The second kappa shape index (κ2) is 10.2. The lowest BCUT2D eigenvalue weighted by atomic mass is 10.0. The van der Waals surface area contributed by atoms with Crippen molar-refractivity contribution in [1.29, 1.82) is 0 Å². The Bertz CT molecular complexity index is 1530. The van der Waals surface area contributed by atoms with E-state index in [9.17, 15) is 14.4 Å². The Kier molecular flexibility index (Phi) is 7.01. The van der Waals surface area contributed by atoms with E-state index in [1.54, 1.807) is 25.1 Å². The van der Waals surface area contributed by atoms with E-state index >= 15 is 0 Å². The molecule has 2 N–H and O–H groups in total. The van der Waals surface area contributed by atoms with E-state index in [2.05, 4.69) is 15.6 Å². The van der Waals surface area contributed by atoms with E-state index in [1.165, 1.54) is 4.57 Å². The smallest absolute Gasteiger partial charge is 0.278 e. The van der Waals surface area contributed by atoms with Crippen LogP contribution in [0.25, 0.3) is 22.3 Å². The largest absolute Gasteiger partial charge is 0.325 e. The summed E-state index contributed by atoms with van der Waals surface area (Å²) in [6.07, 6.45) is 0.306. The van der Waals surface area contributed by atoms with Crippen molar-refractivity contribution in [3.8, 4) is 11.3 Å². The van der Waals surface area contributed by atoms with E-state index in [-0.39, 0.29) is 24.1 Å². The topological polar surface area (TPSA) is 93.1 Å². The van der Waals surface area contributed by atoms with Crippen LogP contribution in [0.5, 0.6) is 0 Å². The van der Waals surface area contributed by atoms with Crippen molar-refractivity contribution in [2.24, 2.45) is 0 Å². The fourth-order valence-electron chi connectivity index (χ4n) is 4.43. The van der Waals surface area contributed by atoms with Crippen LogP contribution >= 0.6 is 0 Å². The molecule has 184 valence electrons. The van der Waals surface area contributed by atoms with Crippen LogP contribution in [-0.2, 0) is 16.1 Å². The fourth-order valence-corrected chi connectivity index (χ4v) is 4.43. The summed E-state index contributed by atoms with van der Waals surface area (Å²) in [7, 11) is 0. The molecule has 4 aromatic rings. The molecule has 0 aliphatic heterocycles. The molecule has 0 saturated carbocycles. The molecule has 0 aliphatic rings. The van der Waals surface area contributed by atoms with Crippen LogP contribution in [0.4, 0.5) is 11.4 Å². The number of hydrogen-bond donors (Lipinski definition) is 2. The number of nitrogens with zero attached hydrogens (tertiary/aromatic N) is 2. The standard InChI is InChI=1S/C29H30N4O3/c1-6-25(34)30-22-12-11-17(2)15-21(22)28-29(36)33(24-10-8-7-9-23(24)31-28)16-26(35)32-27-19(4)13-18(3)14-20(27)5/h7-15H,6,16H2,1-5H3,(H,30,34)(H,32,35). The second-order valence-electron chi connectivity index (χ2n) is 9.11. The minimum atomic E-state index is -0.404. The predicted octanol–water partition coefficient (Wildman–Crippen LogP) is 5.28. The van der Waals surface area contributed by atoms with Gasteiger partial charge >= 0.3 is 0 Å². The first-order chi connectivity index (χ1) is 17.2. The Morgan fingerprint density at radius 2 is 1.56 bits per heavy atom. The van der Waals surface area contributed by atoms with Crippen LogP contribution in [0.15, 0.2) is 59.4 Å². The van der Waals surface area contributed by atoms with Crippen molar-refractivity contribution in [1.82, 2.24) is 9.55 Å². The number of fused-ring (bicyclic) bond motifs is 1. The lowest BCUT2D eigenvalue weighted by Crippen LogP contribution is -2.30. The number of hydrogen-bond acceptors (Lipinski definition) is 4. The van der Waals surface area contributed by atoms with Gasteiger partial charge in [-0.15, -0.1) is 0 Å². The number of para-hydroxylation sites is 2. The molecular formula is C29H30N4O3. The van der Waals surface area contributed by atoms with E-state index in [4.69, 9.17) is 0 Å². The highest BCUT2D eigenvalue weighted by molar-refractivity contribution is 5.96.